The van der Waals surface area contributed by atoms with Gasteiger partial charge in [-0.05, 0) is 58.5 Å². The number of hydrogen-bond acceptors (Lipinski definition) is 4. The van der Waals surface area contributed by atoms with Gasteiger partial charge in [-0.1, -0.05) is 0 Å². The molecule has 1 aliphatic rings. The molecule has 2 aromatic heterocycles. The fourth-order valence-electron chi connectivity index (χ4n) is 1.82. The van der Waals surface area contributed by atoms with Crippen molar-refractivity contribution in [1.82, 2.24) is 10.2 Å². The lowest BCUT2D eigenvalue weighted by Crippen LogP contribution is -2.29. The average molecular weight is 369 g/mol. The lowest BCUT2D eigenvalue weighted by molar-refractivity contribution is -0.122. The second-order valence-electron chi connectivity index (χ2n) is 4.10. The summed E-state index contributed by atoms with van der Waals surface area (Å²) in [7, 11) is 0. The summed E-state index contributed by atoms with van der Waals surface area (Å²) in [4.78, 5) is 14.8. The number of rotatable bonds is 3. The number of thiocarbonyl (C=S) groups is 1. The molecule has 20 heavy (non-hydrogen) atoms. The van der Waals surface area contributed by atoms with E-state index in [2.05, 4.69) is 21.2 Å². The van der Waals surface area contributed by atoms with Crippen LogP contribution < -0.4 is 5.32 Å². The van der Waals surface area contributed by atoms with Crippen molar-refractivity contribution >= 4 is 56.6 Å². The van der Waals surface area contributed by atoms with Crippen LogP contribution in [0, 0.1) is 0 Å². The Morgan fingerprint density at radius 3 is 2.95 bits per heavy atom. The van der Waals surface area contributed by atoms with Crippen LogP contribution >= 0.6 is 39.5 Å². The van der Waals surface area contributed by atoms with E-state index < -0.39 is 0 Å². The maximum absolute atomic E-state index is 12.3. The van der Waals surface area contributed by atoms with Crippen molar-refractivity contribution in [3.05, 3.63) is 50.6 Å². The highest BCUT2D eigenvalue weighted by Crippen LogP contribution is 2.25. The van der Waals surface area contributed by atoms with Gasteiger partial charge < -0.3 is 9.73 Å². The van der Waals surface area contributed by atoms with Crippen molar-refractivity contribution in [2.45, 2.75) is 6.54 Å². The van der Waals surface area contributed by atoms with E-state index in [1.165, 1.54) is 4.90 Å². The molecule has 1 saturated heterocycles. The first kappa shape index (κ1) is 13.5. The summed E-state index contributed by atoms with van der Waals surface area (Å²) in [5.74, 6) is 0.554. The number of hydrogen-bond donors (Lipinski definition) is 1. The first-order valence-electron chi connectivity index (χ1n) is 5.76. The van der Waals surface area contributed by atoms with Crippen LogP contribution in [0.2, 0.25) is 0 Å². The van der Waals surface area contributed by atoms with Crippen molar-refractivity contribution in [1.29, 1.82) is 0 Å². The van der Waals surface area contributed by atoms with E-state index in [1.54, 1.807) is 29.7 Å². The Kier molecular flexibility index (Phi) is 3.73. The molecular weight excluding hydrogens is 360 g/mol. The molecule has 2 aromatic rings. The van der Waals surface area contributed by atoms with Crippen molar-refractivity contribution in [3.8, 4) is 0 Å². The molecule has 4 nitrogen and oxygen atoms in total. The van der Waals surface area contributed by atoms with Crippen LogP contribution in [0.5, 0.6) is 0 Å². The molecule has 102 valence electrons. The molecule has 0 unspecified atom stereocenters. The van der Waals surface area contributed by atoms with Gasteiger partial charge in [0.2, 0.25) is 0 Å². The molecule has 3 heterocycles. The summed E-state index contributed by atoms with van der Waals surface area (Å²) < 4.78 is 6.26. The molecule has 0 bridgehead atoms. The molecule has 0 aromatic carbocycles. The van der Waals surface area contributed by atoms with Crippen LogP contribution in [0.4, 0.5) is 0 Å². The third-order valence-electron chi connectivity index (χ3n) is 2.74. The molecule has 0 spiro atoms. The topological polar surface area (TPSA) is 45.5 Å². The Labute approximate surface area is 133 Å². The molecule has 0 atom stereocenters. The zero-order valence-corrected chi connectivity index (χ0v) is 13.3. The van der Waals surface area contributed by atoms with Crippen LogP contribution in [-0.4, -0.2) is 15.9 Å². The fourth-order valence-corrected chi connectivity index (χ4v) is 3.45. The molecule has 1 aliphatic heterocycles. The van der Waals surface area contributed by atoms with Crippen molar-refractivity contribution < 1.29 is 9.21 Å². The molecule has 0 radical (unpaired) electrons. The summed E-state index contributed by atoms with van der Waals surface area (Å²) in [6, 6.07) is 7.48. The summed E-state index contributed by atoms with van der Waals surface area (Å²) >= 11 is 10.1. The molecule has 7 heteroatoms. The molecule has 1 N–H and O–H groups in total. The van der Waals surface area contributed by atoms with E-state index in [9.17, 15) is 4.79 Å². The van der Waals surface area contributed by atoms with Gasteiger partial charge in [0.25, 0.3) is 5.91 Å². The van der Waals surface area contributed by atoms with E-state index in [0.29, 0.717) is 23.1 Å². The lowest BCUT2D eigenvalue weighted by atomic mass is 10.3. The van der Waals surface area contributed by atoms with Gasteiger partial charge in [-0.25, -0.2) is 0 Å². The Bertz CT molecular complexity index is 691. The summed E-state index contributed by atoms with van der Waals surface area (Å²) in [5.41, 5.74) is 0.482. The summed E-state index contributed by atoms with van der Waals surface area (Å²) in [6.07, 6.45) is 3.37. The quantitative estimate of drug-likeness (QED) is 0.666. The number of halogens is 1. The molecule has 1 amide bonds. The number of nitrogens with zero attached hydrogens (tertiary/aromatic N) is 1. The second kappa shape index (κ2) is 5.51. The van der Waals surface area contributed by atoms with Gasteiger partial charge >= 0.3 is 0 Å². The van der Waals surface area contributed by atoms with Crippen LogP contribution in [0.15, 0.2) is 44.4 Å². The molecule has 3 rings (SSSR count). The molecule has 0 saturated carbocycles. The summed E-state index contributed by atoms with van der Waals surface area (Å²) in [5, 5.41) is 3.34. The normalized spacial score (nSPS) is 17.1. The number of furan rings is 1. The Hall–Kier alpha value is -1.44. The van der Waals surface area contributed by atoms with Crippen molar-refractivity contribution in [3.63, 3.8) is 0 Å². The standard InChI is InChI=1S/C13H9BrN2O2S2/c14-11-4-3-9(20-11)6-10-12(17)16(13(19)15-10)7-8-2-1-5-18-8/h1-6H,7H2,(H,15,19)/b10-6-. The highest BCUT2D eigenvalue weighted by atomic mass is 79.9. The predicted molar refractivity (Wildman–Crippen MR) is 85.0 cm³/mol. The smallest absolute Gasteiger partial charge is 0.276 e. The highest BCUT2D eigenvalue weighted by Gasteiger charge is 2.31. The number of thiophene rings is 1. The van der Waals surface area contributed by atoms with Crippen LogP contribution in [-0.2, 0) is 11.3 Å². The van der Waals surface area contributed by atoms with E-state index in [1.807, 2.05) is 18.2 Å². The van der Waals surface area contributed by atoms with Gasteiger partial charge in [0.1, 0.15) is 11.5 Å². The van der Waals surface area contributed by atoms with Crippen LogP contribution in [0.1, 0.15) is 10.6 Å². The maximum atomic E-state index is 12.3. The number of carbonyl (C=O) groups is 1. The van der Waals surface area contributed by atoms with Gasteiger partial charge in [-0.3, -0.25) is 9.69 Å². The van der Waals surface area contributed by atoms with E-state index in [-0.39, 0.29) is 5.91 Å². The zero-order chi connectivity index (χ0) is 14.1. The van der Waals surface area contributed by atoms with Gasteiger partial charge in [-0.15, -0.1) is 11.3 Å². The van der Waals surface area contributed by atoms with Gasteiger partial charge in [0.05, 0.1) is 16.6 Å². The fraction of sp³-hybridized carbons (Fsp3) is 0.0769. The first-order valence-corrected chi connectivity index (χ1v) is 7.77. The minimum atomic E-state index is -0.143. The van der Waals surface area contributed by atoms with Crippen LogP contribution in [0.3, 0.4) is 0 Å². The van der Waals surface area contributed by atoms with Gasteiger partial charge in [0, 0.05) is 4.88 Å². The Morgan fingerprint density at radius 2 is 2.30 bits per heavy atom. The monoisotopic (exact) mass is 368 g/mol. The van der Waals surface area contributed by atoms with Gasteiger partial charge in [-0.2, -0.15) is 0 Å². The number of carbonyl (C=O) groups excluding carboxylic acids is 1. The van der Waals surface area contributed by atoms with E-state index >= 15 is 0 Å². The molecule has 0 aliphatic carbocycles. The van der Waals surface area contributed by atoms with Gasteiger partial charge in [0.15, 0.2) is 5.11 Å². The zero-order valence-electron chi connectivity index (χ0n) is 10.1. The summed E-state index contributed by atoms with van der Waals surface area (Å²) in [6.45, 7) is 0.336. The largest absolute Gasteiger partial charge is 0.467 e. The lowest BCUT2D eigenvalue weighted by Gasteiger charge is -2.11. The van der Waals surface area contributed by atoms with Crippen molar-refractivity contribution in [2.24, 2.45) is 0 Å². The third-order valence-corrected chi connectivity index (χ3v) is 4.63. The SMILES string of the molecule is O=C1/C(=C/c2ccc(Br)s2)NC(=S)N1Cc1ccco1. The van der Waals surface area contributed by atoms with Crippen molar-refractivity contribution in [2.75, 3.05) is 0 Å². The first-order chi connectivity index (χ1) is 9.63. The minimum Gasteiger partial charge on any atom is -0.467 e. The van der Waals surface area contributed by atoms with E-state index in [4.69, 9.17) is 16.6 Å². The maximum Gasteiger partial charge on any atom is 0.276 e. The third kappa shape index (κ3) is 2.70. The molecule has 1 fully saturated rings. The predicted octanol–water partition coefficient (Wildman–Crippen LogP) is 3.36. The second-order valence-corrected chi connectivity index (χ2v) is 6.98. The Balaban J connectivity index is 1.81. The highest BCUT2D eigenvalue weighted by molar-refractivity contribution is 9.11. The number of nitrogens with one attached hydrogen (secondary N) is 1. The Morgan fingerprint density at radius 1 is 1.45 bits per heavy atom. The average Bonchev–Trinajstić information content (AvgIpc) is 3.10. The number of amides is 1. The van der Waals surface area contributed by atoms with Crippen LogP contribution in [0.25, 0.3) is 6.08 Å². The molecular formula is C13H9BrN2O2S2. The van der Waals surface area contributed by atoms with E-state index in [0.717, 1.165) is 8.66 Å². The minimum absolute atomic E-state index is 0.143.